The topological polar surface area (TPSA) is 112 Å². The minimum absolute atomic E-state index is 0. The van der Waals surface area contributed by atoms with Crippen LogP contribution >= 0.6 is 24.0 Å². The Bertz CT molecular complexity index is 535. The van der Waals surface area contributed by atoms with Crippen molar-refractivity contribution >= 4 is 51.4 Å². The molecule has 0 fully saturated rings. The molecule has 0 amide bonds. The van der Waals surface area contributed by atoms with Crippen molar-refractivity contribution in [2.24, 2.45) is 25.9 Å². The van der Waals surface area contributed by atoms with Crippen molar-refractivity contribution in [3.63, 3.8) is 0 Å². The quantitative estimate of drug-likeness (QED) is 0.165. The Hall–Kier alpha value is -0.888. The first-order chi connectivity index (χ1) is 10.5. The van der Waals surface area contributed by atoms with Gasteiger partial charge in [0.15, 0.2) is 10.3 Å². The third kappa shape index (κ3) is 9.76. The van der Waals surface area contributed by atoms with Crippen molar-refractivity contribution in [1.29, 1.82) is 0 Å². The van der Waals surface area contributed by atoms with Crippen molar-refractivity contribution in [1.82, 2.24) is 16.2 Å². The van der Waals surface area contributed by atoms with Gasteiger partial charge in [0, 0.05) is 55.1 Å². The van der Waals surface area contributed by atoms with Crippen LogP contribution < -0.4 is 21.9 Å². The molecule has 5 N–H and O–H groups in total. The molecule has 0 aromatic rings. The van der Waals surface area contributed by atoms with Gasteiger partial charge in [-0.2, -0.15) is 10.2 Å². The molecule has 0 atom stereocenters. The number of nitrogens with two attached hydrogens (primary N) is 1. The van der Waals surface area contributed by atoms with Crippen LogP contribution in [-0.2, 0) is 0 Å². The minimum Gasteiger partial charge on any atom is -0.405 e. The summed E-state index contributed by atoms with van der Waals surface area (Å²) >= 11 is 6.42. The summed E-state index contributed by atoms with van der Waals surface area (Å²) in [5.74, 6) is 0. The number of amidine groups is 1. The Morgan fingerprint density at radius 3 is 2.30 bits per heavy atom. The van der Waals surface area contributed by atoms with Gasteiger partial charge in [-0.1, -0.05) is 11.8 Å². The molecule has 0 aliphatic carbocycles. The van der Waals surface area contributed by atoms with Gasteiger partial charge in [-0.15, -0.1) is 0 Å². The van der Waals surface area contributed by atoms with Gasteiger partial charge in [0.2, 0.25) is 0 Å². The van der Waals surface area contributed by atoms with E-state index in [1.54, 1.807) is 34.1 Å². The van der Waals surface area contributed by atoms with E-state index in [1.165, 1.54) is 18.0 Å². The molecule has 0 rings (SSSR count). The van der Waals surface area contributed by atoms with Gasteiger partial charge in [-0.3, -0.25) is 20.8 Å². The van der Waals surface area contributed by atoms with Crippen LogP contribution in [0.25, 0.3) is 0 Å². The molecule has 0 spiro atoms. The van der Waals surface area contributed by atoms with Crippen LogP contribution in [0, 0.1) is 31.1 Å². The number of nitrogens with one attached hydrogen (secondary N) is 3. The summed E-state index contributed by atoms with van der Waals surface area (Å²) < 4.78 is 0. The maximum absolute atomic E-state index is 5.44. The summed E-state index contributed by atoms with van der Waals surface area (Å²) in [5, 5.41) is 12.3. The first kappa shape index (κ1) is 24.4. The zero-order valence-electron chi connectivity index (χ0n) is 13.8. The summed E-state index contributed by atoms with van der Waals surface area (Å²) in [6, 6.07) is 0. The molecule has 0 heterocycles. The normalized spacial score (nSPS) is 13.6. The van der Waals surface area contributed by atoms with Crippen molar-refractivity contribution in [3.8, 4) is 0 Å². The summed E-state index contributed by atoms with van der Waals surface area (Å²) in [5.41, 5.74) is 12.7. The third-order valence-corrected chi connectivity index (χ3v) is 3.25. The number of nitrogens with zero attached hydrogens (tertiary/aromatic N) is 4. The molecule has 0 radical (unpaired) electrons. The second-order valence-electron chi connectivity index (χ2n) is 3.66. The average Bonchev–Trinajstić information content (AvgIpc) is 2.54. The Morgan fingerprint density at radius 1 is 1.22 bits per heavy atom. The van der Waals surface area contributed by atoms with E-state index in [0.29, 0.717) is 27.4 Å². The van der Waals surface area contributed by atoms with Crippen LogP contribution in [0.2, 0.25) is 0 Å². The number of hydrazone groups is 2. The first-order valence-electron chi connectivity index (χ1n) is 6.26. The van der Waals surface area contributed by atoms with E-state index in [0.717, 1.165) is 0 Å². The molecule has 11 heteroatoms. The monoisotopic (exact) mass is 584 g/mol. The molecule has 8 nitrogen and oxygen atoms in total. The standard InChI is InChI=1S/C12H22N8S2.U.2H2/c1-8(17-19-11(21)15-3)10(9(14-2)6-7-13)18-20-12(16-4)22-5;;;/h6-7H,13H2,1-5H3,(H,16,20)(H2,15,19,21);;2*1H/b7-6-,14-9?,17-8+,18-10-;;;. The number of hydrogen-bond donors (Lipinski definition) is 4. The molecule has 0 aliphatic heterocycles. The number of rotatable bonds is 5. The molecule has 0 saturated carbocycles. The maximum atomic E-state index is 5.44. The van der Waals surface area contributed by atoms with Crippen molar-refractivity contribution in [2.75, 3.05) is 27.4 Å². The van der Waals surface area contributed by atoms with Crippen LogP contribution in [0.1, 0.15) is 9.78 Å². The largest absolute Gasteiger partial charge is 0.405 e. The van der Waals surface area contributed by atoms with E-state index in [1.807, 2.05) is 6.26 Å². The Labute approximate surface area is 173 Å². The van der Waals surface area contributed by atoms with E-state index in [2.05, 4.69) is 36.4 Å². The van der Waals surface area contributed by atoms with E-state index < -0.39 is 0 Å². The van der Waals surface area contributed by atoms with Crippen LogP contribution in [0.3, 0.4) is 0 Å². The van der Waals surface area contributed by atoms with Crippen LogP contribution in [0.4, 0.5) is 0 Å². The Kier molecular flexibility index (Phi) is 15.6. The molecule has 0 saturated heterocycles. The molecule has 0 aliphatic rings. The zero-order valence-corrected chi connectivity index (χ0v) is 19.6. The van der Waals surface area contributed by atoms with Gasteiger partial charge < -0.3 is 11.1 Å². The van der Waals surface area contributed by atoms with Gasteiger partial charge in [0.25, 0.3) is 0 Å². The Morgan fingerprint density at radius 2 is 1.87 bits per heavy atom. The Balaban J connectivity index is -0.000000735. The van der Waals surface area contributed by atoms with Crippen LogP contribution in [-0.4, -0.2) is 54.8 Å². The van der Waals surface area contributed by atoms with Gasteiger partial charge in [0.05, 0.1) is 11.4 Å². The van der Waals surface area contributed by atoms with Crippen LogP contribution in [0.15, 0.2) is 32.5 Å². The maximum Gasteiger partial charge on any atom is 0.186 e. The second kappa shape index (κ2) is 14.7. The van der Waals surface area contributed by atoms with E-state index in [4.69, 9.17) is 18.0 Å². The molecule has 130 valence electrons. The molecule has 0 unspecified atom stereocenters. The fourth-order valence-corrected chi connectivity index (χ4v) is 1.57. The summed E-state index contributed by atoms with van der Waals surface area (Å²) in [6.45, 7) is 1.78. The van der Waals surface area contributed by atoms with Crippen molar-refractivity contribution in [3.05, 3.63) is 12.3 Å². The van der Waals surface area contributed by atoms with Gasteiger partial charge >= 0.3 is 0 Å². The fraction of sp³-hybridized carbons (Fsp3) is 0.417. The van der Waals surface area contributed by atoms with E-state index in [-0.39, 0.29) is 34.0 Å². The molecular weight excluding hydrogens is 558 g/mol. The summed E-state index contributed by atoms with van der Waals surface area (Å²) in [4.78, 5) is 8.20. The molecule has 23 heavy (non-hydrogen) atoms. The van der Waals surface area contributed by atoms with E-state index in [9.17, 15) is 0 Å². The smallest absolute Gasteiger partial charge is 0.186 e. The number of aliphatic imine (C=N–C) groups is 2. The average molecular weight is 585 g/mol. The molecular formula is C12H26N8S2U. The molecule has 0 aromatic heterocycles. The summed E-state index contributed by atoms with van der Waals surface area (Å²) in [7, 11) is 5.03. The number of allylic oxidation sites excluding steroid dienone is 1. The van der Waals surface area contributed by atoms with Crippen molar-refractivity contribution in [2.45, 2.75) is 6.92 Å². The predicted octanol–water partition coefficient (Wildman–Crippen LogP) is 0.786. The van der Waals surface area contributed by atoms with E-state index >= 15 is 0 Å². The molecule has 0 aromatic carbocycles. The van der Waals surface area contributed by atoms with Gasteiger partial charge in [0.1, 0.15) is 5.71 Å². The van der Waals surface area contributed by atoms with Crippen molar-refractivity contribution < 1.29 is 34.0 Å². The molecule has 0 bridgehead atoms. The summed E-state index contributed by atoms with van der Waals surface area (Å²) in [6.07, 6.45) is 4.92. The fourth-order valence-electron chi connectivity index (χ4n) is 1.21. The SMILES string of the molecule is CN=C(N/N=C(C(/C=C\N)=NC)/C(C)=N/NC(=S)NC)SC.[HH].[HH].[U]. The van der Waals surface area contributed by atoms with Crippen LogP contribution in [0.5, 0.6) is 0 Å². The predicted molar refractivity (Wildman–Crippen MR) is 106 cm³/mol. The van der Waals surface area contributed by atoms with Gasteiger partial charge in [-0.05, 0) is 37.7 Å². The zero-order chi connectivity index (χ0) is 17.0. The van der Waals surface area contributed by atoms with Gasteiger partial charge in [-0.25, -0.2) is 0 Å². The number of hydrogen-bond acceptors (Lipinski definition) is 7. The number of thiocarbonyl (C=S) groups is 1. The minimum atomic E-state index is 0. The second-order valence-corrected chi connectivity index (χ2v) is 4.86. The third-order valence-electron chi connectivity index (χ3n) is 2.29. The number of thioether (sulfide) groups is 1. The first-order valence-corrected chi connectivity index (χ1v) is 7.89.